The fourth-order valence-corrected chi connectivity index (χ4v) is 4.20. The third-order valence-electron chi connectivity index (χ3n) is 5.81. The summed E-state index contributed by atoms with van der Waals surface area (Å²) in [6.07, 6.45) is -2.42. The second-order valence-corrected chi connectivity index (χ2v) is 8.60. The predicted molar refractivity (Wildman–Crippen MR) is 112 cm³/mol. The Bertz CT molecular complexity index is 904. The van der Waals surface area contributed by atoms with Gasteiger partial charge >= 0.3 is 6.18 Å². The molecule has 2 atom stereocenters. The number of allylic oxidation sites excluding steroid dienone is 1. The van der Waals surface area contributed by atoms with Crippen LogP contribution in [0.5, 0.6) is 5.75 Å². The van der Waals surface area contributed by atoms with Crippen LogP contribution in [0.1, 0.15) is 33.6 Å². The van der Waals surface area contributed by atoms with Crippen molar-refractivity contribution in [1.29, 1.82) is 5.41 Å². The van der Waals surface area contributed by atoms with Gasteiger partial charge in [0.15, 0.2) is 5.60 Å². The van der Waals surface area contributed by atoms with Crippen LogP contribution >= 0.6 is 0 Å². The van der Waals surface area contributed by atoms with E-state index in [1.807, 2.05) is 36.2 Å². The maximum absolute atomic E-state index is 13.8. The summed E-state index contributed by atoms with van der Waals surface area (Å²) in [5.41, 5.74) is 2.71. The standard InChI is InChI=1S/C21H28F3N5O3/c1-11(2)32-13-4-5-14(27-10-13)29-8-6-12(7-9-29)16(25)15-17(21(22,23)24)20(3,31)19(30)28-18(15)26/h4-5,10-12,17,31H,6-9,25H2,1-3H3,(H2,26,28,30)/t17?,20-/m0/s1. The van der Waals surface area contributed by atoms with Crippen LogP contribution in [0.3, 0.4) is 0 Å². The molecule has 1 unspecified atom stereocenters. The molecule has 1 aromatic heterocycles. The van der Waals surface area contributed by atoms with Crippen molar-refractivity contribution < 1.29 is 27.8 Å². The molecule has 2 aliphatic rings. The van der Waals surface area contributed by atoms with Crippen molar-refractivity contribution in [2.75, 3.05) is 18.0 Å². The number of halogens is 3. The van der Waals surface area contributed by atoms with E-state index in [0.29, 0.717) is 31.7 Å². The highest BCUT2D eigenvalue weighted by Gasteiger charge is 2.60. The zero-order chi connectivity index (χ0) is 23.8. The Balaban J connectivity index is 1.79. The molecule has 176 valence electrons. The maximum atomic E-state index is 13.8. The maximum Gasteiger partial charge on any atom is 0.399 e. The van der Waals surface area contributed by atoms with Gasteiger partial charge in [0.25, 0.3) is 5.91 Å². The summed E-state index contributed by atoms with van der Waals surface area (Å²) in [6, 6.07) is 3.63. The second kappa shape index (κ2) is 8.61. The molecule has 0 saturated carbocycles. The number of ether oxygens (including phenoxy) is 1. The number of carbonyl (C=O) groups is 1. The van der Waals surface area contributed by atoms with Gasteiger partial charge in [0.05, 0.1) is 12.3 Å². The van der Waals surface area contributed by atoms with Gasteiger partial charge in [0.1, 0.15) is 23.3 Å². The molecule has 2 fully saturated rings. The lowest BCUT2D eigenvalue weighted by Crippen LogP contribution is -2.63. The molecule has 0 aliphatic carbocycles. The molecule has 1 aromatic rings. The van der Waals surface area contributed by atoms with E-state index in [4.69, 9.17) is 15.9 Å². The Morgan fingerprint density at radius 3 is 2.50 bits per heavy atom. The number of anilines is 1. The molecule has 1 amide bonds. The van der Waals surface area contributed by atoms with Crippen molar-refractivity contribution in [2.45, 2.75) is 51.5 Å². The second-order valence-electron chi connectivity index (χ2n) is 8.60. The summed E-state index contributed by atoms with van der Waals surface area (Å²) in [4.78, 5) is 18.3. The minimum Gasteiger partial charge on any atom is -0.489 e. The number of hydrogen-bond donors (Lipinski definition) is 4. The lowest BCUT2D eigenvalue weighted by molar-refractivity contribution is -0.211. The lowest BCUT2D eigenvalue weighted by atomic mass is 9.75. The Labute approximate surface area is 184 Å². The number of aromatic nitrogens is 1. The van der Waals surface area contributed by atoms with Gasteiger partial charge in [-0.2, -0.15) is 13.2 Å². The van der Waals surface area contributed by atoms with Crippen molar-refractivity contribution in [3.8, 4) is 5.75 Å². The topological polar surface area (TPSA) is 125 Å². The highest BCUT2D eigenvalue weighted by molar-refractivity contribution is 6.12. The fourth-order valence-electron chi connectivity index (χ4n) is 4.20. The summed E-state index contributed by atoms with van der Waals surface area (Å²) in [5.74, 6) is -3.61. The van der Waals surface area contributed by atoms with E-state index in [9.17, 15) is 23.1 Å². The summed E-state index contributed by atoms with van der Waals surface area (Å²) in [7, 11) is 0. The monoisotopic (exact) mass is 455 g/mol. The molecule has 32 heavy (non-hydrogen) atoms. The number of nitrogens with zero attached hydrogens (tertiary/aromatic N) is 2. The van der Waals surface area contributed by atoms with E-state index in [0.717, 1.165) is 12.7 Å². The number of amidine groups is 1. The Morgan fingerprint density at radius 2 is 2.00 bits per heavy atom. The summed E-state index contributed by atoms with van der Waals surface area (Å²) in [6.45, 7) is 5.63. The SMILES string of the molecule is CC(C)Oc1ccc(N2CCC(C(N)=C3C(=N)NC(=O)[C@@](C)(O)C3C(F)(F)F)CC2)nc1. The van der Waals surface area contributed by atoms with Crippen molar-refractivity contribution in [3.63, 3.8) is 0 Å². The molecule has 3 rings (SSSR count). The number of piperidine rings is 2. The fraction of sp³-hybridized carbons (Fsp3) is 0.571. The van der Waals surface area contributed by atoms with Crippen molar-refractivity contribution in [1.82, 2.24) is 10.3 Å². The molecular weight excluding hydrogens is 427 g/mol. The van der Waals surface area contributed by atoms with E-state index >= 15 is 0 Å². The van der Waals surface area contributed by atoms with Crippen LogP contribution in [0.15, 0.2) is 29.6 Å². The van der Waals surface area contributed by atoms with Gasteiger partial charge < -0.3 is 25.8 Å². The molecular formula is C21H28F3N5O3. The van der Waals surface area contributed by atoms with Crippen LogP contribution in [0.25, 0.3) is 0 Å². The Morgan fingerprint density at radius 1 is 1.38 bits per heavy atom. The van der Waals surface area contributed by atoms with Crippen molar-refractivity contribution in [2.24, 2.45) is 17.6 Å². The molecule has 8 nitrogen and oxygen atoms in total. The molecule has 0 aromatic carbocycles. The number of amides is 1. The number of hydrogen-bond acceptors (Lipinski definition) is 7. The van der Waals surface area contributed by atoms with Crippen molar-refractivity contribution in [3.05, 3.63) is 29.6 Å². The molecule has 3 heterocycles. The van der Waals surface area contributed by atoms with Gasteiger partial charge in [-0.05, 0) is 45.7 Å². The first-order valence-corrected chi connectivity index (χ1v) is 10.4. The predicted octanol–water partition coefficient (Wildman–Crippen LogP) is 2.33. The van der Waals surface area contributed by atoms with Crippen LogP contribution in [0.2, 0.25) is 0 Å². The number of rotatable bonds is 4. The van der Waals surface area contributed by atoms with Crippen molar-refractivity contribution >= 4 is 17.6 Å². The third kappa shape index (κ3) is 4.67. The summed E-state index contributed by atoms with van der Waals surface area (Å²) >= 11 is 0. The number of aliphatic hydroxyl groups is 1. The van der Waals surface area contributed by atoms with Gasteiger partial charge in [-0.15, -0.1) is 0 Å². The minimum absolute atomic E-state index is 0.0269. The number of pyridine rings is 1. The lowest BCUT2D eigenvalue weighted by Gasteiger charge is -2.41. The van der Waals surface area contributed by atoms with E-state index in [2.05, 4.69) is 4.98 Å². The molecule has 0 radical (unpaired) electrons. The molecule has 5 N–H and O–H groups in total. The summed E-state index contributed by atoms with van der Waals surface area (Å²) in [5, 5.41) is 20.3. The number of alkyl halides is 3. The molecule has 2 saturated heterocycles. The molecule has 11 heteroatoms. The first-order valence-electron chi connectivity index (χ1n) is 10.4. The largest absolute Gasteiger partial charge is 0.489 e. The van der Waals surface area contributed by atoms with Crippen LogP contribution in [-0.4, -0.2) is 52.8 Å². The smallest absolute Gasteiger partial charge is 0.399 e. The van der Waals surface area contributed by atoms with Gasteiger partial charge in [0.2, 0.25) is 0 Å². The average molecular weight is 455 g/mol. The quantitative estimate of drug-likeness (QED) is 0.552. The third-order valence-corrected chi connectivity index (χ3v) is 5.81. The van der Waals surface area contributed by atoms with Crippen LogP contribution in [0, 0.1) is 17.2 Å². The van der Waals surface area contributed by atoms with Crippen LogP contribution in [0.4, 0.5) is 19.0 Å². The Kier molecular flexibility index (Phi) is 6.41. The van der Waals surface area contributed by atoms with Gasteiger partial charge in [0, 0.05) is 30.3 Å². The molecule has 0 bridgehead atoms. The minimum atomic E-state index is -4.95. The normalized spacial score (nSPS) is 26.9. The zero-order valence-electron chi connectivity index (χ0n) is 18.2. The Hall–Kier alpha value is -2.82. The van der Waals surface area contributed by atoms with E-state index in [1.54, 1.807) is 6.20 Å². The van der Waals surface area contributed by atoms with E-state index in [-0.39, 0.29) is 11.8 Å². The summed E-state index contributed by atoms with van der Waals surface area (Å²) < 4.78 is 47.0. The molecule has 0 spiro atoms. The van der Waals surface area contributed by atoms with E-state index < -0.39 is 40.9 Å². The average Bonchev–Trinajstić information content (AvgIpc) is 2.69. The van der Waals surface area contributed by atoms with Gasteiger partial charge in [-0.1, -0.05) is 0 Å². The molecule has 2 aliphatic heterocycles. The van der Waals surface area contributed by atoms with Gasteiger partial charge in [-0.25, -0.2) is 4.98 Å². The first-order chi connectivity index (χ1) is 14.8. The zero-order valence-corrected chi connectivity index (χ0v) is 18.2. The van der Waals surface area contributed by atoms with E-state index in [1.165, 1.54) is 0 Å². The van der Waals surface area contributed by atoms with Crippen LogP contribution in [-0.2, 0) is 4.79 Å². The number of nitrogens with two attached hydrogens (primary N) is 1. The highest BCUT2D eigenvalue weighted by Crippen LogP contribution is 2.44. The van der Waals surface area contributed by atoms with Crippen LogP contribution < -0.4 is 20.7 Å². The van der Waals surface area contributed by atoms with Gasteiger partial charge in [-0.3, -0.25) is 10.2 Å². The number of nitrogens with one attached hydrogen (secondary N) is 2. The highest BCUT2D eigenvalue weighted by atomic mass is 19.4. The first kappa shape index (κ1) is 23.8. The number of carbonyl (C=O) groups excluding carboxylic acids is 1.